The van der Waals surface area contributed by atoms with Crippen molar-refractivity contribution in [1.29, 1.82) is 0 Å². The van der Waals surface area contributed by atoms with Crippen molar-refractivity contribution in [3.05, 3.63) is 44.9 Å². The van der Waals surface area contributed by atoms with Crippen LogP contribution in [-0.4, -0.2) is 15.0 Å². The van der Waals surface area contributed by atoms with Gasteiger partial charge in [0.15, 0.2) is 0 Å². The van der Waals surface area contributed by atoms with Crippen LogP contribution in [-0.2, 0) is 0 Å². The summed E-state index contributed by atoms with van der Waals surface area (Å²) >= 11 is 7.55. The lowest BCUT2D eigenvalue weighted by molar-refractivity contribution is 1.13. The van der Waals surface area contributed by atoms with Crippen molar-refractivity contribution in [2.75, 3.05) is 0 Å². The Balaban J connectivity index is 2.42. The minimum atomic E-state index is -0.376. The molecule has 3 aromatic rings. The Morgan fingerprint density at radius 2 is 2.28 bits per heavy atom. The molecule has 0 spiro atoms. The predicted molar refractivity (Wildman–Crippen MR) is 73.2 cm³/mol. The highest BCUT2D eigenvalue weighted by Crippen LogP contribution is 2.32. The zero-order chi connectivity index (χ0) is 12.7. The minimum Gasteiger partial charge on any atom is -0.305 e. The van der Waals surface area contributed by atoms with E-state index in [0.29, 0.717) is 21.2 Å². The highest BCUT2D eigenvalue weighted by Gasteiger charge is 2.12. The average molecular weight is 278 g/mol. The van der Waals surface area contributed by atoms with E-state index in [2.05, 4.69) is 15.0 Å². The fraction of sp³-hybridized carbons (Fsp3) is 0.0833. The first kappa shape index (κ1) is 11.4. The number of thiophene rings is 1. The van der Waals surface area contributed by atoms with Crippen LogP contribution in [0.5, 0.6) is 0 Å². The molecule has 0 bridgehead atoms. The summed E-state index contributed by atoms with van der Waals surface area (Å²) in [6.07, 6.45) is 1.61. The van der Waals surface area contributed by atoms with Gasteiger partial charge in [0.2, 0.25) is 0 Å². The summed E-state index contributed by atoms with van der Waals surface area (Å²) in [5, 5.41) is 1.26. The van der Waals surface area contributed by atoms with Crippen LogP contribution in [0.3, 0.4) is 0 Å². The third-order valence-electron chi connectivity index (χ3n) is 2.57. The number of nitrogens with zero attached hydrogens (tertiary/aromatic N) is 2. The van der Waals surface area contributed by atoms with Crippen molar-refractivity contribution in [3.8, 4) is 11.3 Å². The summed E-state index contributed by atoms with van der Waals surface area (Å²) < 4.78 is 0. The molecule has 3 heterocycles. The van der Waals surface area contributed by atoms with Crippen molar-refractivity contribution in [1.82, 2.24) is 15.0 Å². The molecule has 0 fully saturated rings. The standard InChI is InChI=1S/C12H8ClN3OS/c1-6-5-8-9(7-3-2-4-14-10(7)13)15-12(17)16-11(8)18-6/h2-5H,1H3,(H,15,16,17). The second kappa shape index (κ2) is 4.19. The lowest BCUT2D eigenvalue weighted by Gasteiger charge is -2.04. The Hall–Kier alpha value is -1.72. The molecular weight excluding hydrogens is 270 g/mol. The van der Waals surface area contributed by atoms with Crippen molar-refractivity contribution in [2.24, 2.45) is 0 Å². The molecule has 18 heavy (non-hydrogen) atoms. The van der Waals surface area contributed by atoms with Gasteiger partial charge in [-0.15, -0.1) is 11.3 Å². The lowest BCUT2D eigenvalue weighted by atomic mass is 10.1. The molecule has 3 rings (SSSR count). The van der Waals surface area contributed by atoms with Gasteiger partial charge >= 0.3 is 5.69 Å². The maximum Gasteiger partial charge on any atom is 0.346 e. The van der Waals surface area contributed by atoms with Crippen molar-refractivity contribution < 1.29 is 0 Å². The Labute approximate surface area is 111 Å². The molecule has 0 unspecified atom stereocenters. The quantitative estimate of drug-likeness (QED) is 0.696. The van der Waals surface area contributed by atoms with Gasteiger partial charge in [-0.25, -0.2) is 9.78 Å². The van der Waals surface area contributed by atoms with Gasteiger partial charge in [0, 0.05) is 22.0 Å². The molecule has 6 heteroatoms. The SMILES string of the molecule is Cc1cc2c(-c3cccnc3Cl)[nH]c(=O)nc2s1. The summed E-state index contributed by atoms with van der Waals surface area (Å²) in [5.41, 5.74) is 1.01. The van der Waals surface area contributed by atoms with Crippen LogP contribution in [0.1, 0.15) is 4.88 Å². The summed E-state index contributed by atoms with van der Waals surface area (Å²) in [5.74, 6) is 0. The molecule has 4 nitrogen and oxygen atoms in total. The minimum absolute atomic E-state index is 0.365. The number of fused-ring (bicyclic) bond motifs is 1. The van der Waals surface area contributed by atoms with Gasteiger partial charge in [-0.3, -0.25) is 0 Å². The number of halogens is 1. The molecule has 0 radical (unpaired) electrons. The number of hydrogen-bond donors (Lipinski definition) is 1. The molecule has 1 N–H and O–H groups in total. The van der Waals surface area contributed by atoms with E-state index in [1.807, 2.05) is 19.1 Å². The lowest BCUT2D eigenvalue weighted by Crippen LogP contribution is -2.10. The first-order chi connectivity index (χ1) is 8.65. The van der Waals surface area contributed by atoms with E-state index in [0.717, 1.165) is 10.3 Å². The van der Waals surface area contributed by atoms with Crippen LogP contribution >= 0.6 is 22.9 Å². The van der Waals surface area contributed by atoms with Gasteiger partial charge in [-0.1, -0.05) is 11.6 Å². The summed E-state index contributed by atoms with van der Waals surface area (Å²) in [6.45, 7) is 1.98. The Morgan fingerprint density at radius 1 is 1.44 bits per heavy atom. The zero-order valence-corrected chi connectivity index (χ0v) is 11.0. The van der Waals surface area contributed by atoms with Crippen LogP contribution in [0.4, 0.5) is 0 Å². The fourth-order valence-corrected chi connectivity index (χ4v) is 2.94. The molecule has 0 aromatic carbocycles. The van der Waals surface area contributed by atoms with E-state index in [-0.39, 0.29) is 5.69 Å². The zero-order valence-electron chi connectivity index (χ0n) is 9.40. The van der Waals surface area contributed by atoms with E-state index in [1.54, 1.807) is 12.3 Å². The largest absolute Gasteiger partial charge is 0.346 e. The van der Waals surface area contributed by atoms with Gasteiger partial charge in [-0.2, -0.15) is 4.98 Å². The van der Waals surface area contributed by atoms with Gasteiger partial charge in [0.25, 0.3) is 0 Å². The molecule has 0 saturated carbocycles. The topological polar surface area (TPSA) is 58.6 Å². The number of hydrogen-bond acceptors (Lipinski definition) is 4. The number of pyridine rings is 1. The molecule has 0 saturated heterocycles. The maximum absolute atomic E-state index is 11.6. The number of aryl methyl sites for hydroxylation is 1. The van der Waals surface area contributed by atoms with E-state index in [9.17, 15) is 4.79 Å². The Bertz CT molecular complexity index is 793. The third-order valence-corrected chi connectivity index (χ3v) is 3.81. The maximum atomic E-state index is 11.6. The molecule has 3 aromatic heterocycles. The van der Waals surface area contributed by atoms with Crippen molar-refractivity contribution >= 4 is 33.2 Å². The predicted octanol–water partition coefficient (Wildman–Crippen LogP) is 3.01. The summed E-state index contributed by atoms with van der Waals surface area (Å²) in [4.78, 5) is 24.1. The summed E-state index contributed by atoms with van der Waals surface area (Å²) in [6, 6.07) is 5.60. The van der Waals surface area contributed by atoms with E-state index in [1.165, 1.54) is 11.3 Å². The third kappa shape index (κ3) is 1.81. The van der Waals surface area contributed by atoms with Gasteiger partial charge in [0.05, 0.1) is 5.69 Å². The molecular formula is C12H8ClN3OS. The first-order valence-corrected chi connectivity index (χ1v) is 6.46. The Kier molecular flexibility index (Phi) is 2.65. The normalized spacial score (nSPS) is 11.0. The van der Waals surface area contributed by atoms with Gasteiger partial charge in [-0.05, 0) is 25.1 Å². The van der Waals surface area contributed by atoms with Crippen LogP contribution in [0.25, 0.3) is 21.5 Å². The number of aromatic amines is 1. The summed E-state index contributed by atoms with van der Waals surface area (Å²) in [7, 11) is 0. The molecule has 90 valence electrons. The van der Waals surface area contributed by atoms with Crippen molar-refractivity contribution in [3.63, 3.8) is 0 Å². The van der Waals surface area contributed by atoms with E-state index < -0.39 is 0 Å². The molecule has 0 aliphatic heterocycles. The van der Waals surface area contributed by atoms with E-state index in [4.69, 9.17) is 11.6 Å². The van der Waals surface area contributed by atoms with Gasteiger partial charge < -0.3 is 4.98 Å². The highest BCUT2D eigenvalue weighted by molar-refractivity contribution is 7.18. The molecule has 0 atom stereocenters. The average Bonchev–Trinajstić information content (AvgIpc) is 2.69. The van der Waals surface area contributed by atoms with Crippen LogP contribution in [0.15, 0.2) is 29.2 Å². The number of H-pyrrole nitrogens is 1. The first-order valence-electron chi connectivity index (χ1n) is 5.26. The van der Waals surface area contributed by atoms with Crippen molar-refractivity contribution in [2.45, 2.75) is 6.92 Å². The van der Waals surface area contributed by atoms with Crippen LogP contribution in [0, 0.1) is 6.92 Å². The molecule has 0 amide bonds. The Morgan fingerprint density at radius 3 is 3.06 bits per heavy atom. The van der Waals surface area contributed by atoms with E-state index >= 15 is 0 Å². The monoisotopic (exact) mass is 277 g/mol. The smallest absolute Gasteiger partial charge is 0.305 e. The number of rotatable bonds is 1. The molecule has 0 aliphatic rings. The van der Waals surface area contributed by atoms with Gasteiger partial charge in [0.1, 0.15) is 9.98 Å². The fourth-order valence-electron chi connectivity index (χ4n) is 1.84. The number of aromatic nitrogens is 3. The van der Waals surface area contributed by atoms with Crippen LogP contribution in [0.2, 0.25) is 5.15 Å². The highest BCUT2D eigenvalue weighted by atomic mass is 35.5. The van der Waals surface area contributed by atoms with Crippen LogP contribution < -0.4 is 5.69 Å². The number of nitrogens with one attached hydrogen (secondary N) is 1. The second-order valence-corrected chi connectivity index (χ2v) is 5.43. The second-order valence-electron chi connectivity index (χ2n) is 3.83. The molecule has 0 aliphatic carbocycles.